The average molecular weight is 421 g/mol. The van der Waals surface area contributed by atoms with Crippen LogP contribution in [-0.2, 0) is 4.79 Å². The van der Waals surface area contributed by atoms with Crippen LogP contribution in [0.2, 0.25) is 5.02 Å². The van der Waals surface area contributed by atoms with Crippen molar-refractivity contribution in [1.29, 1.82) is 0 Å². The first-order chi connectivity index (χ1) is 13.6. The number of aromatic nitrogens is 3. The molecule has 8 nitrogen and oxygen atoms in total. The second-order valence-electron chi connectivity index (χ2n) is 6.98. The van der Waals surface area contributed by atoms with E-state index in [0.717, 1.165) is 38.8 Å². The fourth-order valence-corrected chi connectivity index (χ4v) is 4.30. The van der Waals surface area contributed by atoms with Crippen LogP contribution in [0.1, 0.15) is 36.2 Å². The van der Waals surface area contributed by atoms with Gasteiger partial charge in [0.25, 0.3) is 5.91 Å². The number of thiazole rings is 1. The Bertz CT molecular complexity index is 856. The molecule has 2 fully saturated rings. The number of rotatable bonds is 4. The van der Waals surface area contributed by atoms with E-state index in [1.54, 1.807) is 16.5 Å². The maximum absolute atomic E-state index is 13.1. The highest BCUT2D eigenvalue weighted by atomic mass is 35.5. The molecule has 2 aromatic heterocycles. The number of likely N-dealkylation sites (tertiary alicyclic amines) is 1. The van der Waals surface area contributed by atoms with Crippen LogP contribution in [0.4, 0.5) is 11.1 Å². The lowest BCUT2D eigenvalue weighted by Crippen LogP contribution is -2.44. The van der Waals surface area contributed by atoms with E-state index >= 15 is 0 Å². The van der Waals surface area contributed by atoms with Crippen molar-refractivity contribution < 1.29 is 9.59 Å². The molecular weight excluding hydrogens is 400 g/mol. The minimum atomic E-state index is -0.278. The normalized spacial score (nSPS) is 19.7. The first-order valence-electron chi connectivity index (χ1n) is 9.39. The summed E-state index contributed by atoms with van der Waals surface area (Å²) in [6.07, 6.45) is 6.81. The van der Waals surface area contributed by atoms with Crippen molar-refractivity contribution in [3.8, 4) is 0 Å². The van der Waals surface area contributed by atoms with Gasteiger partial charge < -0.3 is 15.1 Å². The number of anilines is 2. The zero-order valence-electron chi connectivity index (χ0n) is 15.3. The molecule has 0 spiro atoms. The summed E-state index contributed by atoms with van der Waals surface area (Å²) in [4.78, 5) is 42.1. The fourth-order valence-electron chi connectivity index (χ4n) is 3.60. The molecule has 4 heterocycles. The Hall–Kier alpha value is -2.26. The molecule has 0 radical (unpaired) electrons. The number of amides is 2. The van der Waals surface area contributed by atoms with E-state index < -0.39 is 0 Å². The number of carbonyl (C=O) groups excluding carboxylic acids is 2. The Morgan fingerprint density at radius 2 is 2.00 bits per heavy atom. The van der Waals surface area contributed by atoms with Gasteiger partial charge in [0.15, 0.2) is 10.8 Å². The average Bonchev–Trinajstić information content (AvgIpc) is 3.42. The Labute approximate surface area is 171 Å². The molecule has 2 aliphatic rings. The molecule has 0 saturated carbocycles. The summed E-state index contributed by atoms with van der Waals surface area (Å²) in [5.41, 5.74) is 0.208. The van der Waals surface area contributed by atoms with Crippen molar-refractivity contribution in [2.24, 2.45) is 5.92 Å². The van der Waals surface area contributed by atoms with Crippen LogP contribution in [-0.4, -0.2) is 57.8 Å². The second kappa shape index (κ2) is 8.40. The topological polar surface area (TPSA) is 91.3 Å². The minimum Gasteiger partial charge on any atom is -0.341 e. The van der Waals surface area contributed by atoms with E-state index in [9.17, 15) is 9.59 Å². The zero-order valence-corrected chi connectivity index (χ0v) is 16.9. The molecule has 0 aromatic carbocycles. The molecule has 0 bridgehead atoms. The van der Waals surface area contributed by atoms with Crippen LogP contribution in [0.3, 0.4) is 0 Å². The predicted octanol–water partition coefficient (Wildman–Crippen LogP) is 2.68. The third-order valence-corrected chi connectivity index (χ3v) is 6.03. The fraction of sp³-hybridized carbons (Fsp3) is 0.500. The molecule has 0 aliphatic carbocycles. The molecule has 2 aliphatic heterocycles. The standard InChI is InChI=1S/C18H21ClN6O2S/c19-13-10-21-17(24-6-1-2-7-24)22-14(13)16(27)25-8-3-4-12(11-25)15(26)23-18-20-5-9-28-18/h5,9-10,12H,1-4,6-8,11H2,(H,20,23,26). The molecule has 10 heteroatoms. The number of nitrogens with one attached hydrogen (secondary N) is 1. The van der Waals surface area contributed by atoms with Crippen molar-refractivity contribution >= 4 is 45.8 Å². The monoisotopic (exact) mass is 420 g/mol. The summed E-state index contributed by atoms with van der Waals surface area (Å²) in [5.74, 6) is -0.0980. The van der Waals surface area contributed by atoms with Crippen molar-refractivity contribution in [3.05, 3.63) is 28.5 Å². The van der Waals surface area contributed by atoms with E-state index in [4.69, 9.17) is 11.6 Å². The molecule has 2 amide bonds. The molecule has 28 heavy (non-hydrogen) atoms. The highest BCUT2D eigenvalue weighted by Gasteiger charge is 2.31. The number of piperidine rings is 1. The maximum Gasteiger partial charge on any atom is 0.274 e. The van der Waals surface area contributed by atoms with Gasteiger partial charge in [-0.05, 0) is 25.7 Å². The van der Waals surface area contributed by atoms with E-state index in [0.29, 0.717) is 24.2 Å². The summed E-state index contributed by atoms with van der Waals surface area (Å²) in [6, 6.07) is 0. The zero-order chi connectivity index (χ0) is 19.5. The van der Waals surface area contributed by atoms with Gasteiger partial charge >= 0.3 is 0 Å². The van der Waals surface area contributed by atoms with E-state index in [1.807, 2.05) is 0 Å². The van der Waals surface area contributed by atoms with Crippen molar-refractivity contribution in [3.63, 3.8) is 0 Å². The van der Waals surface area contributed by atoms with Crippen LogP contribution in [0.5, 0.6) is 0 Å². The summed E-state index contributed by atoms with van der Waals surface area (Å²) >= 11 is 7.61. The Morgan fingerprint density at radius 3 is 2.75 bits per heavy atom. The van der Waals surface area contributed by atoms with Gasteiger partial charge in [-0.2, -0.15) is 0 Å². The van der Waals surface area contributed by atoms with E-state index in [1.165, 1.54) is 17.5 Å². The molecule has 148 valence electrons. The van der Waals surface area contributed by atoms with Gasteiger partial charge in [0.05, 0.1) is 17.1 Å². The number of halogens is 1. The maximum atomic E-state index is 13.1. The molecule has 4 rings (SSSR count). The molecule has 1 atom stereocenters. The van der Waals surface area contributed by atoms with E-state index in [-0.39, 0.29) is 28.4 Å². The lowest BCUT2D eigenvalue weighted by molar-refractivity contribution is -0.121. The summed E-state index contributed by atoms with van der Waals surface area (Å²) in [5, 5.41) is 5.44. The number of carbonyl (C=O) groups is 2. The molecule has 1 unspecified atom stereocenters. The highest BCUT2D eigenvalue weighted by Crippen LogP contribution is 2.24. The SMILES string of the molecule is O=C(Nc1nccs1)C1CCCN(C(=O)c2nc(N3CCCC3)ncc2Cl)C1. The van der Waals surface area contributed by atoms with Gasteiger partial charge in [-0.15, -0.1) is 11.3 Å². The van der Waals surface area contributed by atoms with Gasteiger partial charge in [0.2, 0.25) is 11.9 Å². The lowest BCUT2D eigenvalue weighted by Gasteiger charge is -2.32. The Morgan fingerprint density at radius 1 is 1.18 bits per heavy atom. The number of hydrogen-bond acceptors (Lipinski definition) is 7. The van der Waals surface area contributed by atoms with Gasteiger partial charge in [0, 0.05) is 37.8 Å². The highest BCUT2D eigenvalue weighted by molar-refractivity contribution is 7.13. The molecule has 2 saturated heterocycles. The van der Waals surface area contributed by atoms with Gasteiger partial charge in [-0.1, -0.05) is 11.6 Å². The number of hydrogen-bond donors (Lipinski definition) is 1. The van der Waals surface area contributed by atoms with Crippen molar-refractivity contribution in [1.82, 2.24) is 19.9 Å². The summed E-state index contributed by atoms with van der Waals surface area (Å²) < 4.78 is 0. The quantitative estimate of drug-likeness (QED) is 0.817. The van der Waals surface area contributed by atoms with Crippen molar-refractivity contribution in [2.75, 3.05) is 36.4 Å². The van der Waals surface area contributed by atoms with E-state index in [2.05, 4.69) is 25.2 Å². The first-order valence-corrected chi connectivity index (χ1v) is 10.6. The largest absolute Gasteiger partial charge is 0.341 e. The summed E-state index contributed by atoms with van der Waals surface area (Å²) in [6.45, 7) is 2.70. The van der Waals surface area contributed by atoms with Crippen LogP contribution in [0, 0.1) is 5.92 Å². The summed E-state index contributed by atoms with van der Waals surface area (Å²) in [7, 11) is 0. The van der Waals surface area contributed by atoms with Gasteiger partial charge in [0.1, 0.15) is 0 Å². The Kier molecular flexibility index (Phi) is 5.72. The number of nitrogens with zero attached hydrogens (tertiary/aromatic N) is 5. The van der Waals surface area contributed by atoms with Crippen LogP contribution in [0.15, 0.2) is 17.8 Å². The van der Waals surface area contributed by atoms with Gasteiger partial charge in [-0.3, -0.25) is 9.59 Å². The lowest BCUT2D eigenvalue weighted by atomic mass is 9.97. The van der Waals surface area contributed by atoms with Crippen LogP contribution < -0.4 is 10.2 Å². The van der Waals surface area contributed by atoms with Gasteiger partial charge in [-0.25, -0.2) is 15.0 Å². The minimum absolute atomic E-state index is 0.112. The molecule has 1 N–H and O–H groups in total. The third kappa shape index (κ3) is 4.10. The Balaban J connectivity index is 1.46. The van der Waals surface area contributed by atoms with Crippen LogP contribution in [0.25, 0.3) is 0 Å². The third-order valence-electron chi connectivity index (χ3n) is 5.06. The first kappa shape index (κ1) is 19.1. The predicted molar refractivity (Wildman–Crippen MR) is 108 cm³/mol. The second-order valence-corrected chi connectivity index (χ2v) is 8.28. The molecule has 2 aromatic rings. The molecular formula is C18H21ClN6O2S. The van der Waals surface area contributed by atoms with Crippen LogP contribution >= 0.6 is 22.9 Å². The van der Waals surface area contributed by atoms with Crippen molar-refractivity contribution in [2.45, 2.75) is 25.7 Å². The smallest absolute Gasteiger partial charge is 0.274 e.